The lowest BCUT2D eigenvalue weighted by molar-refractivity contribution is -0.139. The van der Waals surface area contributed by atoms with Crippen molar-refractivity contribution in [3.63, 3.8) is 0 Å². The quantitative estimate of drug-likeness (QED) is 0.883. The van der Waals surface area contributed by atoms with Crippen molar-refractivity contribution < 1.29 is 14.7 Å². The Balaban J connectivity index is 2.21. The molecule has 0 fully saturated rings. The normalized spacial score (nSPS) is 11.5. The topological polar surface area (TPSA) is 103 Å². The first-order valence-electron chi connectivity index (χ1n) is 6.50. The molecule has 2 N–H and O–H groups in total. The largest absolute Gasteiger partial charge is 0.481 e. The first-order valence-corrected chi connectivity index (χ1v) is 7.32. The van der Waals surface area contributed by atoms with Gasteiger partial charge in [-0.2, -0.15) is 5.26 Å². The third-order valence-electron chi connectivity index (χ3n) is 2.93. The van der Waals surface area contributed by atoms with Crippen LogP contribution in [0.1, 0.15) is 18.2 Å². The fourth-order valence-corrected chi connectivity index (χ4v) is 2.61. The minimum absolute atomic E-state index is 0.256. The van der Waals surface area contributed by atoms with E-state index in [9.17, 15) is 14.9 Å². The average molecular weight is 315 g/mol. The molecule has 6 nitrogen and oxygen atoms in total. The van der Waals surface area contributed by atoms with Gasteiger partial charge in [0.25, 0.3) is 0 Å². The van der Waals surface area contributed by atoms with Crippen molar-refractivity contribution in [3.05, 3.63) is 35.2 Å². The summed E-state index contributed by atoms with van der Waals surface area (Å²) in [4.78, 5) is 27.2. The molecule has 1 amide bonds. The number of anilines is 1. The SMILES string of the molecule is C[C@H](CC(=O)O)C(=O)Nc1nc(-c2ccccc2)c(C#N)s1. The highest BCUT2D eigenvalue weighted by atomic mass is 32.1. The van der Waals surface area contributed by atoms with Crippen LogP contribution in [0.15, 0.2) is 30.3 Å². The lowest BCUT2D eigenvalue weighted by atomic mass is 10.1. The standard InChI is InChI=1S/C15H13N3O3S/c1-9(7-12(19)20)14(21)18-15-17-13(11(8-16)22-15)10-5-3-2-4-6-10/h2-6,9H,7H2,1H3,(H,19,20)(H,17,18,21)/t9-/m1/s1. The molecule has 1 aromatic heterocycles. The van der Waals surface area contributed by atoms with Gasteiger partial charge >= 0.3 is 5.97 Å². The number of carboxylic acids is 1. The second-order valence-corrected chi connectivity index (χ2v) is 5.66. The molecule has 0 radical (unpaired) electrons. The number of rotatable bonds is 5. The molecule has 0 aliphatic carbocycles. The van der Waals surface area contributed by atoms with Gasteiger partial charge in [0.15, 0.2) is 5.13 Å². The van der Waals surface area contributed by atoms with Gasteiger partial charge < -0.3 is 10.4 Å². The predicted octanol–water partition coefficient (Wildman–Crippen LogP) is 2.73. The van der Waals surface area contributed by atoms with Crippen molar-refractivity contribution in [2.24, 2.45) is 5.92 Å². The summed E-state index contributed by atoms with van der Waals surface area (Å²) in [7, 11) is 0. The highest BCUT2D eigenvalue weighted by Gasteiger charge is 2.19. The number of hydrogen-bond donors (Lipinski definition) is 2. The summed E-state index contributed by atoms with van der Waals surface area (Å²) in [5.74, 6) is -2.14. The van der Waals surface area contributed by atoms with Gasteiger partial charge in [-0.05, 0) is 0 Å². The molecule has 2 rings (SSSR count). The van der Waals surface area contributed by atoms with Crippen LogP contribution in [0, 0.1) is 17.2 Å². The Kier molecular flexibility index (Phi) is 4.86. The van der Waals surface area contributed by atoms with Gasteiger partial charge in [-0.3, -0.25) is 9.59 Å². The Morgan fingerprint density at radius 3 is 2.68 bits per heavy atom. The third-order valence-corrected chi connectivity index (χ3v) is 3.81. The molecule has 0 aliphatic heterocycles. The van der Waals surface area contributed by atoms with E-state index < -0.39 is 17.8 Å². The van der Waals surface area contributed by atoms with Gasteiger partial charge in [0.1, 0.15) is 16.6 Å². The Bertz CT molecular complexity index is 734. The van der Waals surface area contributed by atoms with Crippen molar-refractivity contribution >= 4 is 28.3 Å². The molecule has 22 heavy (non-hydrogen) atoms. The van der Waals surface area contributed by atoms with Crippen LogP contribution in [0.2, 0.25) is 0 Å². The predicted molar refractivity (Wildman–Crippen MR) is 82.3 cm³/mol. The zero-order chi connectivity index (χ0) is 16.1. The molecule has 1 atom stereocenters. The van der Waals surface area contributed by atoms with Gasteiger partial charge in [0, 0.05) is 11.5 Å². The van der Waals surface area contributed by atoms with Gasteiger partial charge in [-0.15, -0.1) is 0 Å². The monoisotopic (exact) mass is 315 g/mol. The van der Waals surface area contributed by atoms with E-state index in [-0.39, 0.29) is 11.6 Å². The van der Waals surface area contributed by atoms with E-state index in [1.165, 1.54) is 6.92 Å². The van der Waals surface area contributed by atoms with Crippen LogP contribution >= 0.6 is 11.3 Å². The van der Waals surface area contributed by atoms with Gasteiger partial charge in [-0.1, -0.05) is 48.6 Å². The van der Waals surface area contributed by atoms with E-state index in [1.54, 1.807) is 0 Å². The number of thiazole rings is 1. The number of carboxylic acid groups (broad SMARTS) is 1. The van der Waals surface area contributed by atoms with Crippen molar-refractivity contribution in [1.29, 1.82) is 5.26 Å². The average Bonchev–Trinajstić information content (AvgIpc) is 2.90. The molecule has 1 heterocycles. The number of carbonyl (C=O) groups is 2. The van der Waals surface area contributed by atoms with Crippen molar-refractivity contribution in [1.82, 2.24) is 4.98 Å². The number of aliphatic carboxylic acids is 1. The molecule has 0 saturated heterocycles. The fourth-order valence-electron chi connectivity index (χ4n) is 1.82. The molecule has 0 aliphatic rings. The summed E-state index contributed by atoms with van der Waals surface area (Å²) in [6.45, 7) is 1.53. The Hall–Kier alpha value is -2.72. The minimum Gasteiger partial charge on any atom is -0.481 e. The summed E-state index contributed by atoms with van der Waals surface area (Å²) < 4.78 is 0. The number of nitrogens with zero attached hydrogens (tertiary/aromatic N) is 2. The van der Waals surface area contributed by atoms with E-state index in [2.05, 4.69) is 16.4 Å². The number of nitriles is 1. The summed E-state index contributed by atoms with van der Waals surface area (Å²) >= 11 is 1.07. The first kappa shape index (κ1) is 15.7. The van der Waals surface area contributed by atoms with E-state index in [1.807, 2.05) is 30.3 Å². The highest BCUT2D eigenvalue weighted by molar-refractivity contribution is 7.16. The zero-order valence-corrected chi connectivity index (χ0v) is 12.6. The molecule has 1 aromatic carbocycles. The zero-order valence-electron chi connectivity index (χ0n) is 11.7. The Morgan fingerprint density at radius 1 is 1.41 bits per heavy atom. The van der Waals surface area contributed by atoms with E-state index >= 15 is 0 Å². The molecular weight excluding hydrogens is 302 g/mol. The van der Waals surface area contributed by atoms with Crippen molar-refractivity contribution in [3.8, 4) is 17.3 Å². The molecule has 0 bridgehead atoms. The summed E-state index contributed by atoms with van der Waals surface area (Å²) in [5, 5.41) is 20.7. The van der Waals surface area contributed by atoms with Crippen LogP contribution in [0.5, 0.6) is 0 Å². The number of carbonyl (C=O) groups excluding carboxylic acids is 1. The lowest BCUT2D eigenvalue weighted by Gasteiger charge is -2.07. The minimum atomic E-state index is -1.04. The van der Waals surface area contributed by atoms with Gasteiger partial charge in [-0.25, -0.2) is 4.98 Å². The molecule has 7 heteroatoms. The van der Waals surface area contributed by atoms with Gasteiger partial charge in [0.05, 0.1) is 6.42 Å². The van der Waals surface area contributed by atoms with Crippen LogP contribution in [-0.2, 0) is 9.59 Å². The van der Waals surface area contributed by atoms with Crippen molar-refractivity contribution in [2.45, 2.75) is 13.3 Å². The van der Waals surface area contributed by atoms with Crippen LogP contribution in [0.3, 0.4) is 0 Å². The maximum Gasteiger partial charge on any atom is 0.304 e. The first-order chi connectivity index (χ1) is 10.5. The lowest BCUT2D eigenvalue weighted by Crippen LogP contribution is -2.22. The van der Waals surface area contributed by atoms with Crippen molar-refractivity contribution in [2.75, 3.05) is 5.32 Å². The molecule has 0 unspecified atom stereocenters. The fraction of sp³-hybridized carbons (Fsp3) is 0.200. The molecular formula is C15H13N3O3S. The van der Waals surface area contributed by atoms with Crippen LogP contribution in [-0.4, -0.2) is 22.0 Å². The van der Waals surface area contributed by atoms with Gasteiger partial charge in [0.2, 0.25) is 5.91 Å². The smallest absolute Gasteiger partial charge is 0.304 e. The van der Waals surface area contributed by atoms with E-state index in [4.69, 9.17) is 5.11 Å². The number of aromatic nitrogens is 1. The Morgan fingerprint density at radius 2 is 2.09 bits per heavy atom. The second kappa shape index (κ2) is 6.83. The van der Waals surface area contributed by atoms with Crippen LogP contribution in [0.25, 0.3) is 11.3 Å². The molecule has 0 spiro atoms. The van der Waals surface area contributed by atoms with E-state index in [0.717, 1.165) is 16.9 Å². The maximum absolute atomic E-state index is 11.9. The van der Waals surface area contributed by atoms with Crippen LogP contribution < -0.4 is 5.32 Å². The summed E-state index contributed by atoms with van der Waals surface area (Å²) in [6.07, 6.45) is -0.256. The number of benzene rings is 1. The maximum atomic E-state index is 11.9. The third kappa shape index (κ3) is 3.68. The molecule has 2 aromatic rings. The second-order valence-electron chi connectivity index (χ2n) is 4.66. The van der Waals surface area contributed by atoms with E-state index in [0.29, 0.717) is 10.6 Å². The number of hydrogen-bond acceptors (Lipinski definition) is 5. The number of nitrogens with one attached hydrogen (secondary N) is 1. The Labute approximate surface area is 131 Å². The van der Waals surface area contributed by atoms with Crippen LogP contribution in [0.4, 0.5) is 5.13 Å². The molecule has 0 saturated carbocycles. The highest BCUT2D eigenvalue weighted by Crippen LogP contribution is 2.30. The molecule has 112 valence electrons. The number of amides is 1. The summed E-state index contributed by atoms with van der Waals surface area (Å²) in [5.41, 5.74) is 1.30. The summed E-state index contributed by atoms with van der Waals surface area (Å²) in [6, 6.07) is 11.2.